The lowest BCUT2D eigenvalue weighted by molar-refractivity contribution is -0.149. The average molecular weight is 294 g/mol. The lowest BCUT2D eigenvalue weighted by atomic mass is 10.1. The van der Waals surface area contributed by atoms with E-state index in [1.807, 2.05) is 13.8 Å². The van der Waals surface area contributed by atoms with Gasteiger partial charge in [-0.25, -0.2) is 0 Å². The Morgan fingerprint density at radius 3 is 2.05 bits per heavy atom. The Bertz CT molecular complexity index is 308. The fraction of sp³-hybridized carbons (Fsp3) is 1.00. The van der Waals surface area contributed by atoms with E-state index < -0.39 is 12.7 Å². The van der Waals surface area contributed by atoms with Crippen LogP contribution in [0.4, 0.5) is 13.2 Å². The summed E-state index contributed by atoms with van der Waals surface area (Å²) in [4.78, 5) is 3.80. The molecule has 1 saturated heterocycles. The summed E-state index contributed by atoms with van der Waals surface area (Å²) in [6.07, 6.45) is -1.47. The van der Waals surface area contributed by atoms with Crippen molar-refractivity contribution in [2.45, 2.75) is 39.0 Å². The third-order valence-corrected chi connectivity index (χ3v) is 4.11. The molecule has 2 rings (SSSR count). The van der Waals surface area contributed by atoms with Gasteiger partial charge >= 0.3 is 6.18 Å². The van der Waals surface area contributed by atoms with Gasteiger partial charge < -0.3 is 9.64 Å². The van der Waals surface area contributed by atoms with Crippen molar-refractivity contribution in [1.29, 1.82) is 0 Å². The summed E-state index contributed by atoms with van der Waals surface area (Å²) in [6.45, 7) is 7.55. The van der Waals surface area contributed by atoms with E-state index in [1.54, 1.807) is 0 Å². The number of ether oxygens (including phenoxy) is 1. The van der Waals surface area contributed by atoms with Crippen LogP contribution in [0.25, 0.3) is 0 Å². The molecule has 0 radical (unpaired) electrons. The number of rotatable bonds is 6. The highest BCUT2D eigenvalue weighted by Gasteiger charge is 2.44. The van der Waals surface area contributed by atoms with Crippen molar-refractivity contribution in [2.24, 2.45) is 5.41 Å². The van der Waals surface area contributed by atoms with Gasteiger partial charge in [0.05, 0.1) is 19.3 Å². The number of hydrogen-bond acceptors (Lipinski definition) is 3. The lowest BCUT2D eigenvalue weighted by Crippen LogP contribution is -2.50. The Morgan fingerprint density at radius 2 is 1.60 bits per heavy atom. The molecule has 1 saturated carbocycles. The highest BCUT2D eigenvalue weighted by molar-refractivity contribution is 4.96. The molecule has 0 aromatic carbocycles. The molecule has 1 aliphatic carbocycles. The Hall–Kier alpha value is -0.330. The topological polar surface area (TPSA) is 15.7 Å². The van der Waals surface area contributed by atoms with Gasteiger partial charge in [0, 0.05) is 38.1 Å². The van der Waals surface area contributed by atoms with Gasteiger partial charge in [-0.1, -0.05) is 0 Å². The molecule has 0 aromatic rings. The van der Waals surface area contributed by atoms with Crippen LogP contribution in [0.3, 0.4) is 0 Å². The SMILES string of the molecule is CC(C)OCC1(CN2CCN(CC(F)(F)F)CC2)CC1. The minimum absolute atomic E-state index is 0.246. The van der Waals surface area contributed by atoms with Crippen LogP contribution in [0.2, 0.25) is 0 Å². The van der Waals surface area contributed by atoms with Crippen molar-refractivity contribution < 1.29 is 17.9 Å². The standard InChI is InChI=1S/C14H25F3N2O/c1-12(2)20-11-13(3-4-13)9-18-5-7-19(8-6-18)10-14(15,16)17/h12H,3-11H2,1-2H3. The molecule has 1 heterocycles. The Balaban J connectivity index is 1.69. The lowest BCUT2D eigenvalue weighted by Gasteiger charge is -2.36. The van der Waals surface area contributed by atoms with E-state index in [-0.39, 0.29) is 11.5 Å². The fourth-order valence-electron chi connectivity index (χ4n) is 2.70. The largest absolute Gasteiger partial charge is 0.401 e. The summed E-state index contributed by atoms with van der Waals surface area (Å²) in [7, 11) is 0. The van der Waals surface area contributed by atoms with Crippen LogP contribution < -0.4 is 0 Å². The number of piperazine rings is 1. The molecule has 2 aliphatic rings. The van der Waals surface area contributed by atoms with Gasteiger partial charge in [0.1, 0.15) is 0 Å². The molecular weight excluding hydrogens is 269 g/mol. The van der Waals surface area contributed by atoms with Crippen molar-refractivity contribution >= 4 is 0 Å². The summed E-state index contributed by atoms with van der Waals surface area (Å²) < 4.78 is 42.7. The van der Waals surface area contributed by atoms with Crippen LogP contribution in [-0.2, 0) is 4.74 Å². The maximum absolute atomic E-state index is 12.3. The van der Waals surface area contributed by atoms with Crippen molar-refractivity contribution in [1.82, 2.24) is 9.80 Å². The molecule has 0 aromatic heterocycles. The third-order valence-electron chi connectivity index (χ3n) is 4.11. The fourth-order valence-corrected chi connectivity index (χ4v) is 2.70. The molecule has 0 amide bonds. The molecule has 0 unspecified atom stereocenters. The second-order valence-electron chi connectivity index (χ2n) is 6.53. The van der Waals surface area contributed by atoms with Gasteiger partial charge in [0.2, 0.25) is 0 Å². The van der Waals surface area contributed by atoms with E-state index in [0.29, 0.717) is 13.1 Å². The minimum atomic E-state index is -4.08. The average Bonchev–Trinajstić information content (AvgIpc) is 3.08. The van der Waals surface area contributed by atoms with Crippen molar-refractivity contribution in [2.75, 3.05) is 45.9 Å². The number of nitrogens with zero attached hydrogens (tertiary/aromatic N) is 2. The normalized spacial score (nSPS) is 24.3. The van der Waals surface area contributed by atoms with Gasteiger partial charge in [-0.3, -0.25) is 4.90 Å². The Morgan fingerprint density at radius 1 is 1.05 bits per heavy atom. The third kappa shape index (κ3) is 5.22. The van der Waals surface area contributed by atoms with Gasteiger partial charge in [-0.2, -0.15) is 13.2 Å². The zero-order chi connectivity index (χ0) is 14.8. The second kappa shape index (κ2) is 6.20. The molecule has 0 atom stereocenters. The molecule has 0 bridgehead atoms. The van der Waals surface area contributed by atoms with Crippen LogP contribution in [0.1, 0.15) is 26.7 Å². The zero-order valence-corrected chi connectivity index (χ0v) is 12.4. The number of halogens is 3. The first kappa shape index (κ1) is 16.0. The van der Waals surface area contributed by atoms with Crippen molar-refractivity contribution in [3.05, 3.63) is 0 Å². The highest BCUT2D eigenvalue weighted by atomic mass is 19.4. The first-order valence-corrected chi connectivity index (χ1v) is 7.41. The predicted molar refractivity (Wildman–Crippen MR) is 71.7 cm³/mol. The maximum Gasteiger partial charge on any atom is 0.401 e. The van der Waals surface area contributed by atoms with E-state index >= 15 is 0 Å². The molecule has 1 aliphatic heterocycles. The molecule has 20 heavy (non-hydrogen) atoms. The first-order chi connectivity index (χ1) is 9.28. The van der Waals surface area contributed by atoms with E-state index in [4.69, 9.17) is 4.74 Å². The van der Waals surface area contributed by atoms with Gasteiger partial charge in [-0.15, -0.1) is 0 Å². The van der Waals surface area contributed by atoms with E-state index in [9.17, 15) is 13.2 Å². The van der Waals surface area contributed by atoms with Crippen LogP contribution in [-0.4, -0.2) is 68.0 Å². The van der Waals surface area contributed by atoms with Crippen molar-refractivity contribution in [3.63, 3.8) is 0 Å². The van der Waals surface area contributed by atoms with Crippen molar-refractivity contribution in [3.8, 4) is 0 Å². The summed E-state index contributed by atoms with van der Waals surface area (Å²) in [6, 6.07) is 0. The smallest absolute Gasteiger partial charge is 0.378 e. The minimum Gasteiger partial charge on any atom is -0.378 e. The molecule has 118 valence electrons. The maximum atomic E-state index is 12.3. The molecular formula is C14H25F3N2O. The van der Waals surface area contributed by atoms with Gasteiger partial charge in [0.15, 0.2) is 0 Å². The van der Waals surface area contributed by atoms with Gasteiger partial charge in [-0.05, 0) is 26.7 Å². The van der Waals surface area contributed by atoms with E-state index in [0.717, 1.165) is 26.2 Å². The summed E-state index contributed by atoms with van der Waals surface area (Å²) in [5.74, 6) is 0. The van der Waals surface area contributed by atoms with Crippen LogP contribution >= 0.6 is 0 Å². The van der Waals surface area contributed by atoms with Crippen LogP contribution in [0, 0.1) is 5.41 Å². The monoisotopic (exact) mass is 294 g/mol. The van der Waals surface area contributed by atoms with E-state index in [2.05, 4.69) is 4.90 Å². The quantitative estimate of drug-likeness (QED) is 0.748. The number of hydrogen-bond donors (Lipinski definition) is 0. The predicted octanol–water partition coefficient (Wildman–Crippen LogP) is 2.37. The van der Waals surface area contributed by atoms with Crippen LogP contribution in [0.5, 0.6) is 0 Å². The molecule has 0 N–H and O–H groups in total. The number of alkyl halides is 3. The first-order valence-electron chi connectivity index (χ1n) is 7.41. The summed E-state index contributed by atoms with van der Waals surface area (Å²) in [5, 5.41) is 0. The summed E-state index contributed by atoms with van der Waals surface area (Å²) >= 11 is 0. The molecule has 3 nitrogen and oxygen atoms in total. The van der Waals surface area contributed by atoms with Crippen LogP contribution in [0.15, 0.2) is 0 Å². The Labute approximate surface area is 119 Å². The molecule has 6 heteroatoms. The molecule has 2 fully saturated rings. The van der Waals surface area contributed by atoms with Gasteiger partial charge in [0.25, 0.3) is 0 Å². The zero-order valence-electron chi connectivity index (χ0n) is 12.4. The highest BCUT2D eigenvalue weighted by Crippen LogP contribution is 2.46. The van der Waals surface area contributed by atoms with E-state index in [1.165, 1.54) is 17.7 Å². The Kier molecular flexibility index (Phi) is 4.97. The second-order valence-corrected chi connectivity index (χ2v) is 6.53. The molecule has 0 spiro atoms. The summed E-state index contributed by atoms with van der Waals surface area (Å²) in [5.41, 5.74) is 0.274.